The predicted molar refractivity (Wildman–Crippen MR) is 132 cm³/mol. The average molecular weight is 504 g/mol. The molecule has 2 heterocycles. The Labute approximate surface area is 202 Å². The van der Waals surface area contributed by atoms with Crippen LogP contribution in [0.15, 0.2) is 36.5 Å². The number of carbonyl (C=O) groups excluding carboxylic acids is 1. The summed E-state index contributed by atoms with van der Waals surface area (Å²) in [4.78, 5) is 21.4. The average Bonchev–Trinajstić information content (AvgIpc) is 2.72. The van der Waals surface area contributed by atoms with E-state index in [0.29, 0.717) is 18.7 Å². The Morgan fingerprint density at radius 2 is 1.87 bits per heavy atom. The molecule has 2 aromatic rings. The minimum Gasteiger partial charge on any atom is -0.339 e. The van der Waals surface area contributed by atoms with Crippen molar-refractivity contribution < 1.29 is 4.79 Å². The third-order valence-corrected chi connectivity index (χ3v) is 5.91. The smallest absolute Gasteiger partial charge is 0.228 e. The Morgan fingerprint density at radius 1 is 1.16 bits per heavy atom. The standard InChI is InChI=1S/C20H25Cl3N6OS/c1-28-10-12-29(13-11-28)9-7-16(30)26-18(20(21,22)23)27-19(31)25-15-6-2-4-14-5-3-8-24-17(14)15/h2-6,8,18H,7,9-13H2,1H3,(H,26,30)(H2,25,27,31). The maximum atomic E-state index is 12.5. The SMILES string of the molecule is CN1CCN(CCC(=O)NC(NC(=S)Nc2cccc3cccnc23)C(Cl)(Cl)Cl)CC1. The molecule has 1 aromatic carbocycles. The van der Waals surface area contributed by atoms with Crippen LogP contribution >= 0.6 is 47.0 Å². The first-order chi connectivity index (χ1) is 14.7. The number of hydrogen-bond donors (Lipinski definition) is 3. The number of para-hydroxylation sites is 1. The summed E-state index contributed by atoms with van der Waals surface area (Å²) in [6.07, 6.45) is 1.01. The van der Waals surface area contributed by atoms with E-state index in [2.05, 4.69) is 37.8 Å². The molecular weight excluding hydrogens is 479 g/mol. The topological polar surface area (TPSA) is 72.5 Å². The van der Waals surface area contributed by atoms with Gasteiger partial charge in [-0.1, -0.05) is 53.0 Å². The van der Waals surface area contributed by atoms with Gasteiger partial charge in [0.1, 0.15) is 6.17 Å². The van der Waals surface area contributed by atoms with E-state index in [1.807, 2.05) is 30.3 Å². The Bertz CT molecular complexity index is 912. The summed E-state index contributed by atoms with van der Waals surface area (Å²) in [6.45, 7) is 4.49. The van der Waals surface area contributed by atoms with Crippen LogP contribution < -0.4 is 16.0 Å². The first-order valence-corrected chi connectivity index (χ1v) is 11.4. The number of anilines is 1. The number of rotatable bonds is 6. The summed E-state index contributed by atoms with van der Waals surface area (Å²) in [7, 11) is 2.09. The highest BCUT2D eigenvalue weighted by molar-refractivity contribution is 7.80. The molecule has 31 heavy (non-hydrogen) atoms. The summed E-state index contributed by atoms with van der Waals surface area (Å²) in [5, 5.41) is 9.85. The number of piperazine rings is 1. The second kappa shape index (κ2) is 10.9. The second-order valence-electron chi connectivity index (χ2n) is 7.42. The van der Waals surface area contributed by atoms with Gasteiger partial charge in [-0.3, -0.25) is 9.78 Å². The van der Waals surface area contributed by atoms with Crippen LogP contribution in [0.3, 0.4) is 0 Å². The van der Waals surface area contributed by atoms with Crippen molar-refractivity contribution in [3.8, 4) is 0 Å². The van der Waals surface area contributed by atoms with Crippen molar-refractivity contribution in [2.24, 2.45) is 0 Å². The molecule has 1 atom stereocenters. The van der Waals surface area contributed by atoms with Crippen molar-refractivity contribution in [3.05, 3.63) is 36.5 Å². The van der Waals surface area contributed by atoms with E-state index >= 15 is 0 Å². The quantitative estimate of drug-likeness (QED) is 0.318. The number of thiocarbonyl (C=S) groups is 1. The Hall–Kier alpha value is -1.42. The number of aromatic nitrogens is 1. The Morgan fingerprint density at radius 3 is 2.58 bits per heavy atom. The zero-order valence-electron chi connectivity index (χ0n) is 17.1. The van der Waals surface area contributed by atoms with Crippen molar-refractivity contribution >= 4 is 74.6 Å². The minimum atomic E-state index is -1.80. The van der Waals surface area contributed by atoms with Gasteiger partial charge in [0.2, 0.25) is 9.70 Å². The molecule has 0 spiro atoms. The first-order valence-electron chi connectivity index (χ1n) is 9.90. The van der Waals surface area contributed by atoms with Crippen molar-refractivity contribution in [1.29, 1.82) is 0 Å². The third-order valence-electron chi connectivity index (χ3n) is 5.04. The molecule has 0 radical (unpaired) electrons. The number of amides is 1. The third kappa shape index (κ3) is 7.30. The van der Waals surface area contributed by atoms with Crippen LogP contribution in [0, 0.1) is 0 Å². The zero-order chi connectivity index (χ0) is 22.4. The number of nitrogens with one attached hydrogen (secondary N) is 3. The van der Waals surface area contributed by atoms with Gasteiger partial charge in [0.05, 0.1) is 11.2 Å². The lowest BCUT2D eigenvalue weighted by molar-refractivity contribution is -0.122. The van der Waals surface area contributed by atoms with Gasteiger partial charge < -0.3 is 25.8 Å². The monoisotopic (exact) mass is 502 g/mol. The molecule has 1 saturated heterocycles. The van der Waals surface area contributed by atoms with Crippen molar-refractivity contribution in [2.45, 2.75) is 16.4 Å². The highest BCUT2D eigenvalue weighted by Crippen LogP contribution is 2.29. The van der Waals surface area contributed by atoms with E-state index < -0.39 is 9.96 Å². The number of nitrogens with zero attached hydrogens (tertiary/aromatic N) is 3. The number of hydrogen-bond acceptors (Lipinski definition) is 5. The summed E-state index contributed by atoms with van der Waals surface area (Å²) in [5.74, 6) is -0.225. The highest BCUT2D eigenvalue weighted by Gasteiger charge is 2.34. The predicted octanol–water partition coefficient (Wildman–Crippen LogP) is 2.97. The summed E-state index contributed by atoms with van der Waals surface area (Å²) in [5.41, 5.74) is 1.47. The van der Waals surface area contributed by atoms with E-state index in [-0.39, 0.29) is 11.0 Å². The van der Waals surface area contributed by atoms with E-state index in [4.69, 9.17) is 47.0 Å². The van der Waals surface area contributed by atoms with Gasteiger partial charge in [0, 0.05) is 50.7 Å². The van der Waals surface area contributed by atoms with Gasteiger partial charge in [-0.15, -0.1) is 0 Å². The summed E-state index contributed by atoms with van der Waals surface area (Å²) >= 11 is 23.6. The maximum Gasteiger partial charge on any atom is 0.228 e. The molecule has 1 unspecified atom stereocenters. The van der Waals surface area contributed by atoms with Gasteiger partial charge in [-0.25, -0.2) is 0 Å². The molecule has 168 valence electrons. The number of halogens is 3. The molecule has 7 nitrogen and oxygen atoms in total. The molecule has 1 aliphatic heterocycles. The number of fused-ring (bicyclic) bond motifs is 1. The van der Waals surface area contributed by atoms with E-state index in [1.54, 1.807) is 6.20 Å². The Balaban J connectivity index is 1.56. The fourth-order valence-corrected chi connectivity index (χ4v) is 3.81. The van der Waals surface area contributed by atoms with Crippen LogP contribution in [0.2, 0.25) is 0 Å². The van der Waals surface area contributed by atoms with Crippen molar-refractivity contribution in [1.82, 2.24) is 25.4 Å². The molecule has 0 saturated carbocycles. The van der Waals surface area contributed by atoms with Crippen LogP contribution in [-0.2, 0) is 4.79 Å². The maximum absolute atomic E-state index is 12.5. The number of likely N-dealkylation sites (N-methyl/N-ethyl adjacent to an activating group) is 1. The van der Waals surface area contributed by atoms with Crippen LogP contribution in [0.4, 0.5) is 5.69 Å². The number of alkyl halides is 3. The molecule has 1 aromatic heterocycles. The molecular formula is C20H25Cl3N6OS. The lowest BCUT2D eigenvalue weighted by Gasteiger charge is -2.32. The largest absolute Gasteiger partial charge is 0.339 e. The zero-order valence-corrected chi connectivity index (χ0v) is 20.2. The minimum absolute atomic E-state index is 0.203. The lowest BCUT2D eigenvalue weighted by Crippen LogP contribution is -2.56. The lowest BCUT2D eigenvalue weighted by atomic mass is 10.2. The van der Waals surface area contributed by atoms with E-state index in [1.165, 1.54) is 0 Å². The van der Waals surface area contributed by atoms with Gasteiger partial charge in [0.15, 0.2) is 5.11 Å². The van der Waals surface area contributed by atoms with Gasteiger partial charge in [-0.2, -0.15) is 0 Å². The van der Waals surface area contributed by atoms with E-state index in [9.17, 15) is 4.79 Å². The van der Waals surface area contributed by atoms with Gasteiger partial charge in [-0.05, 0) is 31.4 Å². The summed E-state index contributed by atoms with van der Waals surface area (Å²) in [6, 6.07) is 9.51. The number of carbonyl (C=O) groups is 1. The second-order valence-corrected chi connectivity index (χ2v) is 10.2. The van der Waals surface area contributed by atoms with Crippen LogP contribution in [0.5, 0.6) is 0 Å². The molecule has 1 aliphatic rings. The fourth-order valence-electron chi connectivity index (χ4n) is 3.26. The molecule has 11 heteroatoms. The number of pyridine rings is 1. The number of benzene rings is 1. The van der Waals surface area contributed by atoms with Crippen molar-refractivity contribution in [3.63, 3.8) is 0 Å². The van der Waals surface area contributed by atoms with Crippen LogP contribution in [0.1, 0.15) is 6.42 Å². The normalized spacial score (nSPS) is 16.6. The van der Waals surface area contributed by atoms with Crippen molar-refractivity contribution in [2.75, 3.05) is 45.1 Å². The molecule has 0 aliphatic carbocycles. The Kier molecular flexibility index (Phi) is 8.55. The molecule has 3 rings (SSSR count). The molecule has 0 bridgehead atoms. The summed E-state index contributed by atoms with van der Waals surface area (Å²) < 4.78 is -1.80. The first kappa shape index (κ1) is 24.2. The fraction of sp³-hybridized carbons (Fsp3) is 0.450. The highest BCUT2D eigenvalue weighted by atomic mass is 35.6. The molecule has 3 N–H and O–H groups in total. The van der Waals surface area contributed by atoms with Gasteiger partial charge >= 0.3 is 0 Å². The van der Waals surface area contributed by atoms with Gasteiger partial charge in [0.25, 0.3) is 0 Å². The van der Waals surface area contributed by atoms with E-state index in [0.717, 1.165) is 37.1 Å². The molecule has 1 fully saturated rings. The van der Waals surface area contributed by atoms with Crippen LogP contribution in [0.25, 0.3) is 10.9 Å². The van der Waals surface area contributed by atoms with Crippen LogP contribution in [-0.4, -0.2) is 75.5 Å². The molecule has 1 amide bonds.